The Labute approximate surface area is 200 Å². The SMILES string of the molecule is CC(=O)NC12CC3CC(C1)CC(C(=O)OC(C)C(=O)Nc1ccc(N4CCOCC4)cc1)(C3)C2. The van der Waals surface area contributed by atoms with Crippen LogP contribution < -0.4 is 15.5 Å². The van der Waals surface area contributed by atoms with Gasteiger partial charge in [0.25, 0.3) is 5.91 Å². The first kappa shape index (κ1) is 23.1. The minimum Gasteiger partial charge on any atom is -0.452 e. The molecule has 3 unspecified atom stereocenters. The molecular weight excluding hydrogens is 434 g/mol. The van der Waals surface area contributed by atoms with Crippen LogP contribution in [0.4, 0.5) is 11.4 Å². The van der Waals surface area contributed by atoms with Crippen molar-refractivity contribution in [2.24, 2.45) is 17.3 Å². The Bertz CT molecular complexity index is 942. The van der Waals surface area contributed by atoms with Gasteiger partial charge in [0.2, 0.25) is 5.91 Å². The molecular formula is C26H35N3O5. The standard InChI is InChI=1S/C26H35N3O5/c1-17(23(31)27-21-3-5-22(6-4-21)29-7-9-33-10-8-29)34-24(32)25-12-19-11-20(13-25)15-26(14-19,16-25)28-18(2)30/h3-6,17,19-20H,7-16H2,1-2H3,(H,27,31)(H,28,30). The molecule has 1 aromatic rings. The molecule has 1 heterocycles. The predicted molar refractivity (Wildman–Crippen MR) is 127 cm³/mol. The molecule has 3 atom stereocenters. The van der Waals surface area contributed by atoms with Gasteiger partial charge in [-0.1, -0.05) is 0 Å². The molecule has 0 radical (unpaired) electrons. The zero-order valence-electron chi connectivity index (χ0n) is 20.1. The number of carbonyl (C=O) groups excluding carboxylic acids is 3. The van der Waals surface area contributed by atoms with Crippen molar-refractivity contribution < 1.29 is 23.9 Å². The Morgan fingerprint density at radius 2 is 1.71 bits per heavy atom. The van der Waals surface area contributed by atoms with E-state index in [1.807, 2.05) is 24.3 Å². The normalized spacial score (nSPS) is 32.7. The molecule has 34 heavy (non-hydrogen) atoms. The summed E-state index contributed by atoms with van der Waals surface area (Å²) < 4.78 is 11.1. The van der Waals surface area contributed by atoms with Gasteiger partial charge < -0.3 is 25.0 Å². The maximum atomic E-state index is 13.4. The minimum absolute atomic E-state index is 0.0437. The summed E-state index contributed by atoms with van der Waals surface area (Å²) in [5.41, 5.74) is 0.865. The van der Waals surface area contributed by atoms with Crippen LogP contribution in [0.3, 0.4) is 0 Å². The van der Waals surface area contributed by atoms with Gasteiger partial charge in [-0.05, 0) is 81.5 Å². The topological polar surface area (TPSA) is 97.0 Å². The van der Waals surface area contributed by atoms with E-state index in [1.165, 1.54) is 0 Å². The van der Waals surface area contributed by atoms with Crippen LogP contribution in [-0.2, 0) is 23.9 Å². The molecule has 5 aliphatic rings. The quantitative estimate of drug-likeness (QED) is 0.622. The molecule has 4 saturated carbocycles. The molecule has 8 nitrogen and oxygen atoms in total. The maximum absolute atomic E-state index is 13.4. The summed E-state index contributed by atoms with van der Waals surface area (Å²) in [6.07, 6.45) is 4.30. The monoisotopic (exact) mass is 469 g/mol. The van der Waals surface area contributed by atoms with E-state index >= 15 is 0 Å². The van der Waals surface area contributed by atoms with Crippen molar-refractivity contribution in [2.75, 3.05) is 36.5 Å². The third kappa shape index (κ3) is 4.52. The number of morpholine rings is 1. The number of anilines is 2. The summed E-state index contributed by atoms with van der Waals surface area (Å²) >= 11 is 0. The first-order valence-corrected chi connectivity index (χ1v) is 12.5. The van der Waals surface area contributed by atoms with Gasteiger partial charge in [-0.2, -0.15) is 0 Å². The lowest BCUT2D eigenvalue weighted by Crippen LogP contribution is -2.65. The molecule has 2 N–H and O–H groups in total. The minimum atomic E-state index is -0.892. The number of nitrogens with one attached hydrogen (secondary N) is 2. The summed E-state index contributed by atoms with van der Waals surface area (Å²) in [7, 11) is 0. The molecule has 1 aliphatic heterocycles. The molecule has 4 aliphatic carbocycles. The third-order valence-corrected chi connectivity index (χ3v) is 8.10. The first-order chi connectivity index (χ1) is 16.3. The van der Waals surface area contributed by atoms with E-state index < -0.39 is 11.5 Å². The van der Waals surface area contributed by atoms with E-state index in [9.17, 15) is 14.4 Å². The Morgan fingerprint density at radius 1 is 1.06 bits per heavy atom. The number of ether oxygens (including phenoxy) is 2. The number of esters is 1. The van der Waals surface area contributed by atoms with Crippen LogP contribution in [0.2, 0.25) is 0 Å². The highest BCUT2D eigenvalue weighted by Crippen LogP contribution is 2.62. The number of rotatable bonds is 6. The van der Waals surface area contributed by atoms with Gasteiger partial charge in [-0.25, -0.2) is 0 Å². The number of carbonyl (C=O) groups is 3. The maximum Gasteiger partial charge on any atom is 0.312 e. The van der Waals surface area contributed by atoms with Gasteiger partial charge in [0.1, 0.15) is 0 Å². The third-order valence-electron chi connectivity index (χ3n) is 8.10. The second kappa shape index (κ2) is 8.87. The van der Waals surface area contributed by atoms with E-state index in [0.717, 1.165) is 64.1 Å². The summed E-state index contributed by atoms with van der Waals surface area (Å²) in [4.78, 5) is 40.3. The number of nitrogens with zero attached hydrogens (tertiary/aromatic N) is 1. The van der Waals surface area contributed by atoms with E-state index in [0.29, 0.717) is 23.9 Å². The Hall–Kier alpha value is -2.61. The Kier molecular flexibility index (Phi) is 6.04. The predicted octanol–water partition coefficient (Wildman–Crippen LogP) is 2.87. The van der Waals surface area contributed by atoms with Gasteiger partial charge in [0.15, 0.2) is 6.10 Å². The van der Waals surface area contributed by atoms with Crippen LogP contribution >= 0.6 is 0 Å². The van der Waals surface area contributed by atoms with E-state index in [2.05, 4.69) is 15.5 Å². The zero-order chi connectivity index (χ0) is 23.9. The van der Waals surface area contributed by atoms with Gasteiger partial charge in [0.05, 0.1) is 18.6 Å². The lowest BCUT2D eigenvalue weighted by atomic mass is 9.47. The fraction of sp³-hybridized carbons (Fsp3) is 0.654. The van der Waals surface area contributed by atoms with Crippen molar-refractivity contribution >= 4 is 29.2 Å². The second-order valence-corrected chi connectivity index (χ2v) is 10.9. The molecule has 2 amide bonds. The summed E-state index contributed by atoms with van der Waals surface area (Å²) in [6, 6.07) is 7.70. The van der Waals surface area contributed by atoms with E-state index in [4.69, 9.17) is 9.47 Å². The van der Waals surface area contributed by atoms with Crippen LogP contribution in [0.5, 0.6) is 0 Å². The lowest BCUT2D eigenvalue weighted by molar-refractivity contribution is -0.181. The Balaban J connectivity index is 1.20. The summed E-state index contributed by atoms with van der Waals surface area (Å²) in [5.74, 6) is 0.179. The van der Waals surface area contributed by atoms with Crippen LogP contribution in [0.1, 0.15) is 52.4 Å². The molecule has 0 aromatic heterocycles. The molecule has 4 bridgehead atoms. The molecule has 8 heteroatoms. The summed E-state index contributed by atoms with van der Waals surface area (Å²) in [5, 5.41) is 6.04. The van der Waals surface area contributed by atoms with Gasteiger partial charge in [-0.3, -0.25) is 14.4 Å². The largest absolute Gasteiger partial charge is 0.452 e. The smallest absolute Gasteiger partial charge is 0.312 e. The zero-order valence-corrected chi connectivity index (χ0v) is 20.1. The van der Waals surface area contributed by atoms with Gasteiger partial charge in [-0.15, -0.1) is 0 Å². The van der Waals surface area contributed by atoms with Crippen molar-refractivity contribution in [1.29, 1.82) is 0 Å². The molecule has 6 rings (SSSR count). The highest BCUT2D eigenvalue weighted by molar-refractivity contribution is 5.95. The molecule has 5 fully saturated rings. The van der Waals surface area contributed by atoms with Crippen LogP contribution in [0.15, 0.2) is 24.3 Å². The highest BCUT2D eigenvalue weighted by Gasteiger charge is 2.61. The lowest BCUT2D eigenvalue weighted by Gasteiger charge is -2.60. The number of amides is 2. The van der Waals surface area contributed by atoms with E-state index in [-0.39, 0.29) is 23.3 Å². The molecule has 1 aromatic carbocycles. The average molecular weight is 470 g/mol. The average Bonchev–Trinajstić information content (AvgIpc) is 2.78. The number of hydrogen-bond donors (Lipinski definition) is 2. The molecule has 0 spiro atoms. The van der Waals surface area contributed by atoms with Crippen molar-refractivity contribution in [3.8, 4) is 0 Å². The van der Waals surface area contributed by atoms with Crippen LogP contribution in [-0.4, -0.2) is 55.7 Å². The fourth-order valence-electron chi connectivity index (χ4n) is 7.18. The summed E-state index contributed by atoms with van der Waals surface area (Å²) in [6.45, 7) is 6.31. The van der Waals surface area contributed by atoms with Crippen molar-refractivity contribution in [3.05, 3.63) is 24.3 Å². The second-order valence-electron chi connectivity index (χ2n) is 10.9. The van der Waals surface area contributed by atoms with Crippen molar-refractivity contribution in [2.45, 2.75) is 64.0 Å². The molecule has 184 valence electrons. The van der Waals surface area contributed by atoms with Crippen LogP contribution in [0.25, 0.3) is 0 Å². The van der Waals surface area contributed by atoms with Gasteiger partial charge >= 0.3 is 5.97 Å². The fourth-order valence-corrected chi connectivity index (χ4v) is 7.18. The van der Waals surface area contributed by atoms with E-state index in [1.54, 1.807) is 13.8 Å². The Morgan fingerprint density at radius 3 is 2.32 bits per heavy atom. The number of benzene rings is 1. The first-order valence-electron chi connectivity index (χ1n) is 12.5. The van der Waals surface area contributed by atoms with Crippen LogP contribution in [0, 0.1) is 17.3 Å². The van der Waals surface area contributed by atoms with Gasteiger partial charge in [0, 0.05) is 36.9 Å². The van der Waals surface area contributed by atoms with Crippen molar-refractivity contribution in [3.63, 3.8) is 0 Å². The molecule has 1 saturated heterocycles. The van der Waals surface area contributed by atoms with Crippen molar-refractivity contribution in [1.82, 2.24) is 5.32 Å². The highest BCUT2D eigenvalue weighted by atomic mass is 16.5. The number of hydrogen-bond acceptors (Lipinski definition) is 6.